The summed E-state index contributed by atoms with van der Waals surface area (Å²) in [6, 6.07) is 0. The first kappa shape index (κ1) is 96.1. The van der Waals surface area contributed by atoms with Crippen molar-refractivity contribution in [3.63, 3.8) is 0 Å². The van der Waals surface area contributed by atoms with Crippen molar-refractivity contribution in [2.45, 2.75) is 432 Å². The molecule has 0 aliphatic heterocycles. The highest BCUT2D eigenvalue weighted by Gasteiger charge is 2.30. The fourth-order valence-electron chi connectivity index (χ4n) is 12.2. The maximum atomic E-state index is 13.1. The number of carbonyl (C=O) groups is 4. The Hall–Kier alpha value is -1.94. The predicted octanol–water partition coefficient (Wildman–Crippen LogP) is 23.5. The van der Waals surface area contributed by atoms with Gasteiger partial charge < -0.3 is 33.8 Å². The summed E-state index contributed by atoms with van der Waals surface area (Å²) in [6.45, 7) is 9.61. The Labute approximate surface area is 600 Å². The summed E-state index contributed by atoms with van der Waals surface area (Å²) in [5.41, 5.74) is 0. The molecule has 6 atom stereocenters. The van der Waals surface area contributed by atoms with Gasteiger partial charge in [-0.25, -0.2) is 9.13 Å². The number of aliphatic hydroxyl groups excluding tert-OH is 1. The van der Waals surface area contributed by atoms with Gasteiger partial charge in [-0.1, -0.05) is 363 Å². The van der Waals surface area contributed by atoms with Gasteiger partial charge >= 0.3 is 39.5 Å². The van der Waals surface area contributed by atoms with Crippen LogP contribution in [0.1, 0.15) is 414 Å². The van der Waals surface area contributed by atoms with E-state index in [0.717, 1.165) is 108 Å². The average Bonchev–Trinajstić information content (AvgIpc) is 0.967. The van der Waals surface area contributed by atoms with Crippen LogP contribution in [0.4, 0.5) is 0 Å². The van der Waals surface area contributed by atoms with E-state index in [0.29, 0.717) is 25.7 Å². The number of hydrogen-bond donors (Lipinski definition) is 3. The molecule has 0 saturated carbocycles. The zero-order valence-electron chi connectivity index (χ0n) is 64.1. The molecule has 582 valence electrons. The normalized spacial score (nSPS) is 14.2. The van der Waals surface area contributed by atoms with E-state index in [-0.39, 0.29) is 25.7 Å². The van der Waals surface area contributed by atoms with Gasteiger partial charge in [-0.2, -0.15) is 0 Å². The molecule has 0 bridgehead atoms. The van der Waals surface area contributed by atoms with E-state index in [1.165, 1.54) is 225 Å². The fraction of sp³-hybridized carbons (Fsp3) is 0.949. The number of carbonyl (C=O) groups excluding carboxylic acids is 4. The van der Waals surface area contributed by atoms with Crippen molar-refractivity contribution in [3.8, 4) is 0 Å². The van der Waals surface area contributed by atoms with Crippen LogP contribution < -0.4 is 0 Å². The number of esters is 4. The summed E-state index contributed by atoms with van der Waals surface area (Å²) in [6.07, 6.45) is 59.6. The first-order valence-corrected chi connectivity index (χ1v) is 44.0. The molecule has 0 rings (SSSR count). The third kappa shape index (κ3) is 71.1. The topological polar surface area (TPSA) is 237 Å². The van der Waals surface area contributed by atoms with Crippen LogP contribution in [-0.2, 0) is 65.4 Å². The number of rotatable bonds is 78. The van der Waals surface area contributed by atoms with Crippen LogP contribution in [-0.4, -0.2) is 96.7 Å². The quantitative estimate of drug-likeness (QED) is 0.0222. The standard InChI is InChI=1S/C79H154O17P2/c1-7-10-12-14-16-18-20-22-23-24-27-31-34-38-42-49-55-61-76(81)89-67-74(95-78(83)64-58-52-44-40-36-32-28-25-26-30-33-37-41-47-53-59-71(4)5)69-93-97(85,86)91-65-73(80)66-92-98(87,88)94-70-75(68-90-77(82)62-56-50-46-45-48-54-60-72(6)9-3)96-79(84)63-57-51-43-39-35-29-21-19-17-15-13-11-8-2/h71-75,80H,7-70H2,1-6H3,(H,85,86)(H,87,88)/t72?,73-,74-,75-/m1/s1. The van der Waals surface area contributed by atoms with Crippen molar-refractivity contribution in [2.24, 2.45) is 11.8 Å². The van der Waals surface area contributed by atoms with Gasteiger partial charge in [0.15, 0.2) is 12.2 Å². The van der Waals surface area contributed by atoms with Crippen molar-refractivity contribution in [3.05, 3.63) is 0 Å². The molecule has 0 aliphatic carbocycles. The molecule has 0 spiro atoms. The Morgan fingerprint density at radius 2 is 0.520 bits per heavy atom. The number of ether oxygens (including phenoxy) is 4. The molecule has 0 heterocycles. The maximum Gasteiger partial charge on any atom is 0.472 e. The van der Waals surface area contributed by atoms with Gasteiger partial charge in [0.2, 0.25) is 0 Å². The molecule has 98 heavy (non-hydrogen) atoms. The van der Waals surface area contributed by atoms with Crippen LogP contribution in [0.3, 0.4) is 0 Å². The number of aliphatic hydroxyl groups is 1. The third-order valence-electron chi connectivity index (χ3n) is 18.8. The van der Waals surface area contributed by atoms with Crippen molar-refractivity contribution in [1.82, 2.24) is 0 Å². The van der Waals surface area contributed by atoms with Crippen molar-refractivity contribution < 1.29 is 80.2 Å². The Bertz CT molecular complexity index is 1890. The van der Waals surface area contributed by atoms with Crippen LogP contribution in [0.25, 0.3) is 0 Å². The van der Waals surface area contributed by atoms with Gasteiger partial charge in [-0.05, 0) is 37.5 Å². The van der Waals surface area contributed by atoms with Gasteiger partial charge in [0.25, 0.3) is 0 Å². The monoisotopic (exact) mass is 1440 g/mol. The highest BCUT2D eigenvalue weighted by atomic mass is 31.2. The lowest BCUT2D eigenvalue weighted by molar-refractivity contribution is -0.161. The molecule has 19 heteroatoms. The molecule has 0 aromatic carbocycles. The van der Waals surface area contributed by atoms with E-state index in [9.17, 15) is 43.2 Å². The Morgan fingerprint density at radius 1 is 0.296 bits per heavy atom. The lowest BCUT2D eigenvalue weighted by Gasteiger charge is -2.21. The highest BCUT2D eigenvalue weighted by Crippen LogP contribution is 2.45. The first-order valence-electron chi connectivity index (χ1n) is 41.0. The first-order chi connectivity index (χ1) is 47.4. The highest BCUT2D eigenvalue weighted by molar-refractivity contribution is 7.47. The van der Waals surface area contributed by atoms with E-state index in [1.807, 2.05) is 0 Å². The SMILES string of the molecule is CCCCCCCCCCCCCCCCCCCC(=O)OC[C@H](COP(=O)(O)OC[C@@H](O)COP(=O)(O)OC[C@@H](COC(=O)CCCCCCCCC(C)CC)OC(=O)CCCCCCCCCCCCCCC)OC(=O)CCCCCCCCCCCCCCCCCC(C)C. The molecule has 0 saturated heterocycles. The second-order valence-electron chi connectivity index (χ2n) is 29.2. The van der Waals surface area contributed by atoms with Crippen LogP contribution >= 0.6 is 15.6 Å². The van der Waals surface area contributed by atoms with Crippen molar-refractivity contribution in [2.75, 3.05) is 39.6 Å². The predicted molar refractivity (Wildman–Crippen MR) is 400 cm³/mol. The Balaban J connectivity index is 5.24. The van der Waals surface area contributed by atoms with Crippen molar-refractivity contribution in [1.29, 1.82) is 0 Å². The molecule has 0 fully saturated rings. The minimum atomic E-state index is -4.96. The second-order valence-corrected chi connectivity index (χ2v) is 32.1. The number of hydrogen-bond acceptors (Lipinski definition) is 15. The van der Waals surface area contributed by atoms with Crippen LogP contribution in [0, 0.1) is 11.8 Å². The van der Waals surface area contributed by atoms with Crippen molar-refractivity contribution >= 4 is 39.5 Å². The van der Waals surface area contributed by atoms with Gasteiger partial charge in [-0.3, -0.25) is 37.3 Å². The number of phosphoric acid groups is 2. The summed E-state index contributed by atoms with van der Waals surface area (Å²) in [5, 5.41) is 10.6. The van der Waals surface area contributed by atoms with Crippen LogP contribution in [0.15, 0.2) is 0 Å². The van der Waals surface area contributed by atoms with E-state index >= 15 is 0 Å². The minimum Gasteiger partial charge on any atom is -0.462 e. The molecular formula is C79H154O17P2. The summed E-state index contributed by atoms with van der Waals surface area (Å²) >= 11 is 0. The molecule has 17 nitrogen and oxygen atoms in total. The van der Waals surface area contributed by atoms with Gasteiger partial charge in [-0.15, -0.1) is 0 Å². The van der Waals surface area contributed by atoms with E-state index in [2.05, 4.69) is 41.5 Å². The van der Waals surface area contributed by atoms with Crippen LogP contribution in [0.5, 0.6) is 0 Å². The summed E-state index contributed by atoms with van der Waals surface area (Å²) in [5.74, 6) is -0.577. The van der Waals surface area contributed by atoms with Gasteiger partial charge in [0.05, 0.1) is 26.4 Å². The zero-order valence-corrected chi connectivity index (χ0v) is 65.9. The molecule has 3 N–H and O–H groups in total. The Morgan fingerprint density at radius 3 is 0.776 bits per heavy atom. The molecular weight excluding hydrogens is 1280 g/mol. The largest absolute Gasteiger partial charge is 0.472 e. The van der Waals surface area contributed by atoms with Gasteiger partial charge in [0.1, 0.15) is 19.3 Å². The third-order valence-corrected chi connectivity index (χ3v) is 20.7. The second kappa shape index (κ2) is 70.7. The summed E-state index contributed by atoms with van der Waals surface area (Å²) in [4.78, 5) is 72.9. The minimum absolute atomic E-state index is 0.107. The molecule has 0 radical (unpaired) electrons. The fourth-order valence-corrected chi connectivity index (χ4v) is 13.7. The lowest BCUT2D eigenvalue weighted by Crippen LogP contribution is -2.30. The molecule has 0 aromatic heterocycles. The molecule has 0 amide bonds. The van der Waals surface area contributed by atoms with E-state index in [1.54, 1.807) is 0 Å². The molecule has 0 aromatic rings. The molecule has 3 unspecified atom stereocenters. The summed E-state index contributed by atoms with van der Waals surface area (Å²) in [7, 11) is -9.92. The lowest BCUT2D eigenvalue weighted by atomic mass is 10.00. The molecule has 0 aliphatic rings. The van der Waals surface area contributed by atoms with E-state index < -0.39 is 97.5 Å². The number of unbranched alkanes of at least 4 members (excludes halogenated alkanes) is 47. The van der Waals surface area contributed by atoms with E-state index in [4.69, 9.17) is 37.0 Å². The maximum absolute atomic E-state index is 13.1. The van der Waals surface area contributed by atoms with Crippen LogP contribution in [0.2, 0.25) is 0 Å². The average molecular weight is 1440 g/mol. The smallest absolute Gasteiger partial charge is 0.462 e. The Kier molecular flexibility index (Phi) is 69.3. The summed E-state index contributed by atoms with van der Waals surface area (Å²) < 4.78 is 68.6. The number of phosphoric ester groups is 2. The van der Waals surface area contributed by atoms with Gasteiger partial charge in [0, 0.05) is 25.7 Å². The zero-order chi connectivity index (χ0) is 72.1.